The zero-order valence-electron chi connectivity index (χ0n) is 9.74. The van der Waals surface area contributed by atoms with Crippen molar-refractivity contribution in [3.05, 3.63) is 24.1 Å². The van der Waals surface area contributed by atoms with Crippen LogP contribution in [-0.2, 0) is 4.79 Å². The van der Waals surface area contributed by atoms with E-state index in [0.717, 1.165) is 11.2 Å². The molecule has 17 heavy (non-hydrogen) atoms. The first-order valence-electron chi connectivity index (χ1n) is 5.31. The first kappa shape index (κ1) is 11.9. The second kappa shape index (κ2) is 4.75. The summed E-state index contributed by atoms with van der Waals surface area (Å²) < 4.78 is 5.42. The van der Waals surface area contributed by atoms with E-state index in [0.29, 0.717) is 23.8 Å². The van der Waals surface area contributed by atoms with E-state index in [4.69, 9.17) is 16.0 Å². The Morgan fingerprint density at radius 1 is 1.53 bits per heavy atom. The fraction of sp³-hybridized carbons (Fsp3) is 0.333. The lowest BCUT2D eigenvalue weighted by Crippen LogP contribution is -2.26. The highest BCUT2D eigenvalue weighted by molar-refractivity contribution is 6.19. The minimum Gasteiger partial charge on any atom is -0.441 e. The average Bonchev–Trinajstić information content (AvgIpc) is 2.67. The fourth-order valence-corrected chi connectivity index (χ4v) is 1.79. The van der Waals surface area contributed by atoms with Crippen LogP contribution in [0.25, 0.3) is 11.1 Å². The zero-order valence-corrected chi connectivity index (χ0v) is 10.5. The third-order valence-corrected chi connectivity index (χ3v) is 2.74. The lowest BCUT2D eigenvalue weighted by Gasteiger charge is -2.16. The van der Waals surface area contributed by atoms with Gasteiger partial charge in [-0.3, -0.25) is 4.79 Å². The van der Waals surface area contributed by atoms with Crippen LogP contribution >= 0.6 is 11.6 Å². The number of aromatic nitrogens is 1. The number of amides is 1. The number of hydrogen-bond donors (Lipinski definition) is 0. The van der Waals surface area contributed by atoms with E-state index in [1.807, 2.05) is 18.2 Å². The van der Waals surface area contributed by atoms with Gasteiger partial charge in [-0.1, -0.05) is 0 Å². The molecule has 0 aliphatic carbocycles. The molecule has 1 aromatic carbocycles. The predicted molar refractivity (Wildman–Crippen MR) is 67.5 cm³/mol. The van der Waals surface area contributed by atoms with Gasteiger partial charge in [0.15, 0.2) is 11.5 Å². The molecule has 0 unspecified atom stereocenters. The van der Waals surface area contributed by atoms with E-state index < -0.39 is 0 Å². The van der Waals surface area contributed by atoms with Gasteiger partial charge < -0.3 is 9.32 Å². The molecule has 1 heterocycles. The number of aryl methyl sites for hydroxylation is 1. The van der Waals surface area contributed by atoms with Crippen LogP contribution in [0.1, 0.15) is 12.3 Å². The molecule has 0 bridgehead atoms. The molecular formula is C12H13ClN2O2. The summed E-state index contributed by atoms with van der Waals surface area (Å²) in [6.45, 7) is 1.79. The van der Waals surface area contributed by atoms with Crippen LogP contribution in [-0.4, -0.2) is 23.8 Å². The Morgan fingerprint density at radius 2 is 2.29 bits per heavy atom. The fourth-order valence-electron chi connectivity index (χ4n) is 1.63. The maximum absolute atomic E-state index is 11.7. The lowest BCUT2D eigenvalue weighted by molar-refractivity contribution is -0.117. The molecule has 0 radical (unpaired) electrons. The SMILES string of the molecule is Cc1nc2ccc(N(C)C(=O)CCCl)cc2o1. The number of carbonyl (C=O) groups is 1. The summed E-state index contributed by atoms with van der Waals surface area (Å²) in [4.78, 5) is 17.5. The molecule has 1 aromatic heterocycles. The normalized spacial score (nSPS) is 10.8. The Labute approximate surface area is 104 Å². The first-order valence-corrected chi connectivity index (χ1v) is 5.85. The van der Waals surface area contributed by atoms with Crippen LogP contribution in [0.5, 0.6) is 0 Å². The number of fused-ring (bicyclic) bond motifs is 1. The van der Waals surface area contributed by atoms with Gasteiger partial charge in [-0.05, 0) is 12.1 Å². The monoisotopic (exact) mass is 252 g/mol. The largest absolute Gasteiger partial charge is 0.441 e. The Morgan fingerprint density at radius 3 is 3.00 bits per heavy atom. The van der Waals surface area contributed by atoms with Gasteiger partial charge in [0.1, 0.15) is 5.52 Å². The average molecular weight is 253 g/mol. The highest BCUT2D eigenvalue weighted by Crippen LogP contribution is 2.22. The number of carbonyl (C=O) groups excluding carboxylic acids is 1. The highest BCUT2D eigenvalue weighted by atomic mass is 35.5. The van der Waals surface area contributed by atoms with Crippen molar-refractivity contribution in [3.63, 3.8) is 0 Å². The van der Waals surface area contributed by atoms with Crippen LogP contribution in [0, 0.1) is 6.92 Å². The quantitative estimate of drug-likeness (QED) is 0.789. The number of halogens is 1. The number of oxazole rings is 1. The van der Waals surface area contributed by atoms with E-state index in [1.54, 1.807) is 18.9 Å². The molecule has 0 spiro atoms. The number of benzene rings is 1. The molecule has 0 aliphatic rings. The Bertz CT molecular complexity index is 550. The minimum absolute atomic E-state index is 0.0180. The molecule has 2 rings (SSSR count). The summed E-state index contributed by atoms with van der Waals surface area (Å²) in [6.07, 6.45) is 0.325. The summed E-state index contributed by atoms with van der Waals surface area (Å²) in [7, 11) is 1.72. The number of hydrogen-bond acceptors (Lipinski definition) is 3. The van der Waals surface area contributed by atoms with E-state index in [9.17, 15) is 4.79 Å². The van der Waals surface area contributed by atoms with Crippen molar-refractivity contribution < 1.29 is 9.21 Å². The third-order valence-electron chi connectivity index (χ3n) is 2.55. The van der Waals surface area contributed by atoms with Crippen molar-refractivity contribution in [1.82, 2.24) is 4.98 Å². The molecule has 0 aliphatic heterocycles. The van der Waals surface area contributed by atoms with Gasteiger partial charge in [0, 0.05) is 38.0 Å². The molecular weight excluding hydrogens is 240 g/mol. The van der Waals surface area contributed by atoms with Crippen molar-refractivity contribution >= 4 is 34.3 Å². The molecule has 0 fully saturated rings. The van der Waals surface area contributed by atoms with Gasteiger partial charge in [0.25, 0.3) is 0 Å². The summed E-state index contributed by atoms with van der Waals surface area (Å²) in [5, 5.41) is 0. The molecule has 90 valence electrons. The van der Waals surface area contributed by atoms with Gasteiger partial charge >= 0.3 is 0 Å². The summed E-state index contributed by atoms with van der Waals surface area (Å²) in [5.41, 5.74) is 2.26. The third kappa shape index (κ3) is 2.42. The standard InChI is InChI=1S/C12H13ClN2O2/c1-8-14-10-4-3-9(7-11(10)17-8)15(2)12(16)5-6-13/h3-4,7H,5-6H2,1-2H3. The zero-order chi connectivity index (χ0) is 12.4. The van der Waals surface area contributed by atoms with E-state index in [2.05, 4.69) is 4.98 Å². The van der Waals surface area contributed by atoms with E-state index in [1.165, 1.54) is 0 Å². The van der Waals surface area contributed by atoms with Crippen molar-refractivity contribution in [2.75, 3.05) is 17.8 Å². The van der Waals surface area contributed by atoms with Crippen molar-refractivity contribution in [1.29, 1.82) is 0 Å². The Balaban J connectivity index is 2.32. The van der Waals surface area contributed by atoms with Gasteiger partial charge in [-0.25, -0.2) is 4.98 Å². The van der Waals surface area contributed by atoms with Crippen LogP contribution in [0.15, 0.2) is 22.6 Å². The van der Waals surface area contributed by atoms with Gasteiger partial charge in [0.2, 0.25) is 5.91 Å². The first-order chi connectivity index (χ1) is 8.11. The number of rotatable bonds is 3. The van der Waals surface area contributed by atoms with Crippen molar-refractivity contribution in [3.8, 4) is 0 Å². The molecule has 2 aromatic rings. The van der Waals surface area contributed by atoms with Crippen molar-refractivity contribution in [2.45, 2.75) is 13.3 Å². The molecule has 5 heteroatoms. The van der Waals surface area contributed by atoms with Crippen LogP contribution in [0.4, 0.5) is 5.69 Å². The number of anilines is 1. The molecule has 0 saturated carbocycles. The Kier molecular flexibility index (Phi) is 3.33. The number of alkyl halides is 1. The maximum atomic E-state index is 11.7. The smallest absolute Gasteiger partial charge is 0.227 e. The molecule has 0 atom stereocenters. The minimum atomic E-state index is -0.0180. The topological polar surface area (TPSA) is 46.3 Å². The predicted octanol–water partition coefficient (Wildman–Crippen LogP) is 2.73. The van der Waals surface area contributed by atoms with Crippen LogP contribution in [0.2, 0.25) is 0 Å². The highest BCUT2D eigenvalue weighted by Gasteiger charge is 2.12. The van der Waals surface area contributed by atoms with Crippen LogP contribution in [0.3, 0.4) is 0 Å². The molecule has 0 saturated heterocycles. The maximum Gasteiger partial charge on any atom is 0.227 e. The number of nitrogens with zero attached hydrogens (tertiary/aromatic N) is 2. The van der Waals surface area contributed by atoms with Gasteiger partial charge in [-0.2, -0.15) is 0 Å². The Hall–Kier alpha value is -1.55. The summed E-state index contributed by atoms with van der Waals surface area (Å²) >= 11 is 5.55. The molecule has 0 N–H and O–H groups in total. The second-order valence-corrected chi connectivity index (χ2v) is 4.15. The van der Waals surface area contributed by atoms with Crippen LogP contribution < -0.4 is 4.90 Å². The van der Waals surface area contributed by atoms with Gasteiger partial charge in [-0.15, -0.1) is 11.6 Å². The molecule has 4 nitrogen and oxygen atoms in total. The second-order valence-electron chi connectivity index (χ2n) is 3.78. The lowest BCUT2D eigenvalue weighted by atomic mass is 10.2. The van der Waals surface area contributed by atoms with Gasteiger partial charge in [0.05, 0.1) is 0 Å². The van der Waals surface area contributed by atoms with E-state index >= 15 is 0 Å². The summed E-state index contributed by atoms with van der Waals surface area (Å²) in [5.74, 6) is 0.926. The summed E-state index contributed by atoms with van der Waals surface area (Å²) in [6, 6.07) is 5.49. The van der Waals surface area contributed by atoms with Crippen molar-refractivity contribution in [2.24, 2.45) is 0 Å². The van der Waals surface area contributed by atoms with E-state index in [-0.39, 0.29) is 5.91 Å². The molecule has 1 amide bonds.